The van der Waals surface area contributed by atoms with Gasteiger partial charge in [-0.05, 0) is 49.2 Å². The van der Waals surface area contributed by atoms with Gasteiger partial charge in [0.25, 0.3) is 0 Å². The van der Waals surface area contributed by atoms with Gasteiger partial charge in [0.15, 0.2) is 5.75 Å². The third-order valence-electron chi connectivity index (χ3n) is 4.99. The first kappa shape index (κ1) is 18.5. The SMILES string of the molecule is Cc1cc(Oc2ccnc3cc(-c4ccccc4)sc23)c(-c2ccccn2)nc1C. The molecule has 5 rings (SSSR count). The fraction of sp³-hybridized carbons (Fsp3) is 0.0800. The van der Waals surface area contributed by atoms with Crippen molar-refractivity contribution < 1.29 is 4.74 Å². The lowest BCUT2D eigenvalue weighted by Gasteiger charge is -2.13. The van der Waals surface area contributed by atoms with Crippen LogP contribution in [0.5, 0.6) is 11.5 Å². The first-order chi connectivity index (χ1) is 14.7. The monoisotopic (exact) mass is 409 g/mol. The Bertz CT molecular complexity index is 1330. The van der Waals surface area contributed by atoms with Gasteiger partial charge in [0.05, 0.1) is 15.9 Å². The Hall–Kier alpha value is -3.57. The van der Waals surface area contributed by atoms with E-state index in [1.807, 2.05) is 62.4 Å². The van der Waals surface area contributed by atoms with Gasteiger partial charge in [-0.25, -0.2) is 4.98 Å². The maximum absolute atomic E-state index is 6.43. The number of ether oxygens (including phenoxy) is 1. The van der Waals surface area contributed by atoms with Crippen LogP contribution in [0.1, 0.15) is 11.3 Å². The molecule has 0 atom stereocenters. The van der Waals surface area contributed by atoms with Crippen LogP contribution in [0.2, 0.25) is 0 Å². The van der Waals surface area contributed by atoms with E-state index in [1.165, 1.54) is 5.56 Å². The number of fused-ring (bicyclic) bond motifs is 1. The molecule has 146 valence electrons. The summed E-state index contributed by atoms with van der Waals surface area (Å²) in [5.74, 6) is 1.47. The largest absolute Gasteiger partial charge is 0.453 e. The molecule has 0 aliphatic rings. The van der Waals surface area contributed by atoms with Crippen molar-refractivity contribution in [3.63, 3.8) is 0 Å². The molecule has 4 nitrogen and oxygen atoms in total. The van der Waals surface area contributed by atoms with E-state index in [2.05, 4.69) is 28.2 Å². The molecule has 0 fully saturated rings. The number of aryl methyl sites for hydroxylation is 2. The number of benzene rings is 1. The van der Waals surface area contributed by atoms with Crippen LogP contribution in [0.3, 0.4) is 0 Å². The topological polar surface area (TPSA) is 47.9 Å². The van der Waals surface area contributed by atoms with E-state index in [0.29, 0.717) is 5.75 Å². The van der Waals surface area contributed by atoms with Crippen LogP contribution in [0.4, 0.5) is 0 Å². The zero-order chi connectivity index (χ0) is 20.5. The Morgan fingerprint density at radius 2 is 1.63 bits per heavy atom. The number of nitrogens with zero attached hydrogens (tertiary/aromatic N) is 3. The van der Waals surface area contributed by atoms with Gasteiger partial charge in [0, 0.05) is 29.0 Å². The molecule has 5 heteroatoms. The zero-order valence-corrected chi connectivity index (χ0v) is 17.5. The van der Waals surface area contributed by atoms with Crippen LogP contribution in [-0.2, 0) is 0 Å². The average Bonchev–Trinajstić information content (AvgIpc) is 3.23. The highest BCUT2D eigenvalue weighted by Crippen LogP contribution is 2.40. The smallest absolute Gasteiger partial charge is 0.155 e. The van der Waals surface area contributed by atoms with E-state index in [-0.39, 0.29) is 0 Å². The number of hydrogen-bond acceptors (Lipinski definition) is 5. The summed E-state index contributed by atoms with van der Waals surface area (Å²) in [6, 6.07) is 22.2. The molecule has 0 N–H and O–H groups in total. The Morgan fingerprint density at radius 3 is 2.43 bits per heavy atom. The molecule has 4 aromatic heterocycles. The summed E-state index contributed by atoms with van der Waals surface area (Å²) in [7, 11) is 0. The molecule has 0 bridgehead atoms. The molecule has 0 aliphatic heterocycles. The van der Waals surface area contributed by atoms with Crippen molar-refractivity contribution in [1.82, 2.24) is 15.0 Å². The second kappa shape index (κ2) is 7.69. The Kier molecular flexibility index (Phi) is 4.73. The first-order valence-electron chi connectivity index (χ1n) is 9.70. The standard InChI is InChI=1S/C25H19N3OS/c1-16-14-22(24(28-17(16)2)19-10-6-7-12-26-19)29-21-11-13-27-20-15-23(30-25(20)21)18-8-4-3-5-9-18/h3-15H,1-2H3. The number of thiophene rings is 1. The summed E-state index contributed by atoms with van der Waals surface area (Å²) < 4.78 is 7.45. The second-order valence-electron chi connectivity index (χ2n) is 7.05. The van der Waals surface area contributed by atoms with Gasteiger partial charge in [0.2, 0.25) is 0 Å². The average molecular weight is 410 g/mol. The van der Waals surface area contributed by atoms with Crippen LogP contribution in [-0.4, -0.2) is 15.0 Å². The fourth-order valence-corrected chi connectivity index (χ4v) is 4.37. The maximum Gasteiger partial charge on any atom is 0.155 e. The highest BCUT2D eigenvalue weighted by molar-refractivity contribution is 7.22. The number of aromatic nitrogens is 3. The van der Waals surface area contributed by atoms with Crippen LogP contribution in [0.25, 0.3) is 32.0 Å². The number of hydrogen-bond donors (Lipinski definition) is 0. The van der Waals surface area contributed by atoms with E-state index in [1.54, 1.807) is 23.7 Å². The van der Waals surface area contributed by atoms with Gasteiger partial charge in [-0.1, -0.05) is 36.4 Å². The molecule has 5 aromatic rings. The summed E-state index contributed by atoms with van der Waals surface area (Å²) in [5.41, 5.74) is 5.66. The van der Waals surface area contributed by atoms with Crippen molar-refractivity contribution in [3.8, 4) is 33.3 Å². The Balaban J connectivity index is 1.61. The number of rotatable bonds is 4. The summed E-state index contributed by atoms with van der Waals surface area (Å²) in [5, 5.41) is 0. The molecule has 30 heavy (non-hydrogen) atoms. The van der Waals surface area contributed by atoms with E-state index < -0.39 is 0 Å². The number of pyridine rings is 3. The molecule has 0 saturated heterocycles. The third-order valence-corrected chi connectivity index (χ3v) is 6.18. The second-order valence-corrected chi connectivity index (χ2v) is 8.11. The van der Waals surface area contributed by atoms with Gasteiger partial charge in [-0.3, -0.25) is 9.97 Å². The van der Waals surface area contributed by atoms with E-state index in [9.17, 15) is 0 Å². The Morgan fingerprint density at radius 1 is 0.800 bits per heavy atom. The normalized spacial score (nSPS) is 11.0. The van der Waals surface area contributed by atoms with Gasteiger partial charge in [-0.2, -0.15) is 0 Å². The first-order valence-corrected chi connectivity index (χ1v) is 10.5. The Labute approximate surface area is 178 Å². The minimum Gasteiger partial charge on any atom is -0.453 e. The molecule has 0 amide bonds. The van der Waals surface area contributed by atoms with E-state index in [4.69, 9.17) is 9.72 Å². The van der Waals surface area contributed by atoms with Crippen LogP contribution in [0, 0.1) is 13.8 Å². The lowest BCUT2D eigenvalue weighted by atomic mass is 10.1. The minimum atomic E-state index is 0.693. The lowest BCUT2D eigenvalue weighted by molar-refractivity contribution is 0.487. The molecule has 0 radical (unpaired) electrons. The fourth-order valence-electron chi connectivity index (χ4n) is 3.30. The van der Waals surface area contributed by atoms with Gasteiger partial charge >= 0.3 is 0 Å². The summed E-state index contributed by atoms with van der Waals surface area (Å²) in [6.07, 6.45) is 3.56. The quantitative estimate of drug-likeness (QED) is 0.326. The van der Waals surface area contributed by atoms with Crippen LogP contribution in [0.15, 0.2) is 79.1 Å². The highest BCUT2D eigenvalue weighted by atomic mass is 32.1. The predicted molar refractivity (Wildman–Crippen MR) is 122 cm³/mol. The van der Waals surface area contributed by atoms with Gasteiger partial charge in [-0.15, -0.1) is 11.3 Å². The molecule has 0 aliphatic carbocycles. The molecule has 0 spiro atoms. The lowest BCUT2D eigenvalue weighted by Crippen LogP contribution is -1.97. The van der Waals surface area contributed by atoms with E-state index >= 15 is 0 Å². The van der Waals surface area contributed by atoms with E-state index in [0.717, 1.165) is 43.5 Å². The molecule has 0 saturated carbocycles. The van der Waals surface area contributed by atoms with Crippen molar-refractivity contribution in [1.29, 1.82) is 0 Å². The summed E-state index contributed by atoms with van der Waals surface area (Å²) in [4.78, 5) is 15.0. The summed E-state index contributed by atoms with van der Waals surface area (Å²) >= 11 is 1.68. The molecule has 1 aromatic carbocycles. The van der Waals surface area contributed by atoms with Crippen LogP contribution >= 0.6 is 11.3 Å². The summed E-state index contributed by atoms with van der Waals surface area (Å²) in [6.45, 7) is 4.04. The molecule has 0 unspecified atom stereocenters. The molecule has 4 heterocycles. The van der Waals surface area contributed by atoms with Crippen molar-refractivity contribution in [3.05, 3.63) is 90.4 Å². The van der Waals surface area contributed by atoms with Gasteiger partial charge < -0.3 is 4.74 Å². The van der Waals surface area contributed by atoms with Crippen LogP contribution < -0.4 is 4.74 Å². The maximum atomic E-state index is 6.43. The minimum absolute atomic E-state index is 0.693. The molecular weight excluding hydrogens is 390 g/mol. The zero-order valence-electron chi connectivity index (χ0n) is 16.7. The molecular formula is C25H19N3OS. The predicted octanol–water partition coefficient (Wildman–Crippen LogP) is 6.83. The van der Waals surface area contributed by atoms with Crippen molar-refractivity contribution in [2.75, 3.05) is 0 Å². The van der Waals surface area contributed by atoms with Crippen molar-refractivity contribution in [2.45, 2.75) is 13.8 Å². The van der Waals surface area contributed by atoms with Crippen molar-refractivity contribution in [2.24, 2.45) is 0 Å². The van der Waals surface area contributed by atoms with Gasteiger partial charge in [0.1, 0.15) is 11.4 Å². The third kappa shape index (κ3) is 3.44. The highest BCUT2D eigenvalue weighted by Gasteiger charge is 2.16. The van der Waals surface area contributed by atoms with Crippen molar-refractivity contribution >= 4 is 21.6 Å².